The Morgan fingerprint density at radius 3 is 2.51 bits per heavy atom. The number of amides is 1. The number of thiazole rings is 1. The van der Waals surface area contributed by atoms with Crippen molar-refractivity contribution >= 4 is 52.2 Å². The minimum atomic E-state index is -0.363. The maximum Gasteiger partial charge on any atom is 0.227 e. The number of piperazine rings is 1. The summed E-state index contributed by atoms with van der Waals surface area (Å²) >= 11 is 2.96. The van der Waals surface area contributed by atoms with Crippen LogP contribution in [-0.4, -0.2) is 57.7 Å². The molecule has 0 spiro atoms. The predicted molar refractivity (Wildman–Crippen MR) is 199 cm³/mol. The van der Waals surface area contributed by atoms with Gasteiger partial charge >= 0.3 is 0 Å². The van der Waals surface area contributed by atoms with Crippen molar-refractivity contribution in [2.45, 2.75) is 71.6 Å². The standard InChI is InChI=1S/C37H45F2N7OS2/c1-5-22-48-44-28-13-9-12-26(31(28)39)32-33(49-35(43-32)37(2,3)4)29-16-17-40-36(42-29)41-25-14-15-30(27(38)23-25)45-18-20-46(21-19-45)34(47)24-10-7-6-8-11-24/h9,12-17,23-24,44H,5-8,10-11,18-22H2,1-4H3,(H,40,41,42). The third-order valence-electron chi connectivity index (χ3n) is 8.99. The number of carbonyl (C=O) groups is 1. The monoisotopic (exact) mass is 705 g/mol. The zero-order valence-electron chi connectivity index (χ0n) is 28.7. The van der Waals surface area contributed by atoms with Crippen molar-refractivity contribution in [2.75, 3.05) is 46.9 Å². The lowest BCUT2D eigenvalue weighted by Crippen LogP contribution is -2.50. The van der Waals surface area contributed by atoms with E-state index in [1.54, 1.807) is 30.5 Å². The molecule has 0 unspecified atom stereocenters. The number of halogens is 2. The van der Waals surface area contributed by atoms with E-state index in [1.165, 1.54) is 35.8 Å². The molecular weight excluding hydrogens is 661 g/mol. The Balaban J connectivity index is 1.19. The zero-order valence-corrected chi connectivity index (χ0v) is 30.3. The molecule has 4 aromatic rings. The molecule has 2 aromatic carbocycles. The van der Waals surface area contributed by atoms with E-state index in [0.29, 0.717) is 66.1 Å². The molecule has 1 saturated heterocycles. The highest BCUT2D eigenvalue weighted by Crippen LogP contribution is 2.42. The molecule has 2 aliphatic rings. The highest BCUT2D eigenvalue weighted by molar-refractivity contribution is 8.00. The Morgan fingerprint density at radius 2 is 1.80 bits per heavy atom. The molecular formula is C37H45F2N7OS2. The lowest BCUT2D eigenvalue weighted by atomic mass is 9.88. The SMILES string of the molecule is CCCSNc1cccc(-c2nc(C(C)(C)C)sc2-c2ccnc(Nc3ccc(N4CCN(C(=O)C5CCCCC5)CC4)c(F)c3)n2)c1F. The third-order valence-corrected chi connectivity index (χ3v) is 11.5. The minimum Gasteiger partial charge on any atom is -0.366 e. The van der Waals surface area contributed by atoms with Gasteiger partial charge in [0.25, 0.3) is 0 Å². The Bertz CT molecular complexity index is 1760. The van der Waals surface area contributed by atoms with Gasteiger partial charge < -0.3 is 19.8 Å². The Labute approximate surface area is 296 Å². The van der Waals surface area contributed by atoms with E-state index in [1.807, 2.05) is 21.9 Å². The van der Waals surface area contributed by atoms with Crippen LogP contribution in [0.5, 0.6) is 0 Å². The first-order valence-corrected chi connectivity index (χ1v) is 19.0. The van der Waals surface area contributed by atoms with Crippen molar-refractivity contribution in [3.8, 4) is 21.8 Å². The van der Waals surface area contributed by atoms with E-state index in [9.17, 15) is 4.79 Å². The maximum absolute atomic E-state index is 15.9. The number of nitrogens with one attached hydrogen (secondary N) is 2. The number of hydrogen-bond donors (Lipinski definition) is 2. The average Bonchev–Trinajstić information content (AvgIpc) is 3.56. The van der Waals surface area contributed by atoms with Gasteiger partial charge in [-0.05, 0) is 55.7 Å². The normalized spacial score (nSPS) is 15.8. The number of nitrogens with zero attached hydrogens (tertiary/aromatic N) is 5. The number of benzene rings is 2. The molecule has 8 nitrogen and oxygen atoms in total. The van der Waals surface area contributed by atoms with Gasteiger partial charge in [0.05, 0.1) is 32.6 Å². The Hall–Kier alpha value is -3.77. The van der Waals surface area contributed by atoms with Gasteiger partial charge in [-0.3, -0.25) is 4.79 Å². The molecule has 0 radical (unpaired) electrons. The molecule has 2 fully saturated rings. The second-order valence-electron chi connectivity index (χ2n) is 13.8. The first-order valence-electron chi connectivity index (χ1n) is 17.2. The second-order valence-corrected chi connectivity index (χ2v) is 15.7. The molecule has 1 aliphatic carbocycles. The van der Waals surface area contributed by atoms with Gasteiger partial charge in [0.2, 0.25) is 11.9 Å². The smallest absolute Gasteiger partial charge is 0.227 e. The van der Waals surface area contributed by atoms with E-state index < -0.39 is 0 Å². The van der Waals surface area contributed by atoms with Gasteiger partial charge in [0.15, 0.2) is 5.82 Å². The summed E-state index contributed by atoms with van der Waals surface area (Å²) in [6.45, 7) is 10.7. The van der Waals surface area contributed by atoms with E-state index >= 15 is 8.78 Å². The van der Waals surface area contributed by atoms with E-state index in [4.69, 9.17) is 9.97 Å². The van der Waals surface area contributed by atoms with Crippen LogP contribution >= 0.6 is 23.3 Å². The lowest BCUT2D eigenvalue weighted by Gasteiger charge is -2.38. The fraction of sp³-hybridized carbons (Fsp3) is 0.459. The van der Waals surface area contributed by atoms with Crippen molar-refractivity contribution in [1.29, 1.82) is 0 Å². The fourth-order valence-corrected chi connectivity index (χ4v) is 8.04. The van der Waals surface area contributed by atoms with Crippen LogP contribution in [0, 0.1) is 17.6 Å². The molecule has 1 saturated carbocycles. The van der Waals surface area contributed by atoms with E-state index in [2.05, 4.69) is 42.7 Å². The second kappa shape index (κ2) is 15.4. The predicted octanol–water partition coefficient (Wildman–Crippen LogP) is 9.29. The number of hydrogen-bond acceptors (Lipinski definition) is 9. The summed E-state index contributed by atoms with van der Waals surface area (Å²) in [6, 6.07) is 12.1. The summed E-state index contributed by atoms with van der Waals surface area (Å²) in [5.74, 6) is 0.854. The quantitative estimate of drug-likeness (QED) is 0.125. The third kappa shape index (κ3) is 8.17. The molecule has 0 bridgehead atoms. The largest absolute Gasteiger partial charge is 0.366 e. The summed E-state index contributed by atoms with van der Waals surface area (Å²) in [4.78, 5) is 31.8. The number of carbonyl (C=O) groups excluding carboxylic acids is 1. The maximum atomic E-state index is 15.9. The molecule has 1 amide bonds. The summed E-state index contributed by atoms with van der Waals surface area (Å²) < 4.78 is 34.5. The number of aromatic nitrogens is 3. The molecule has 49 heavy (non-hydrogen) atoms. The minimum absolute atomic E-state index is 0.149. The summed E-state index contributed by atoms with van der Waals surface area (Å²) in [6.07, 6.45) is 8.07. The Kier molecular flexibility index (Phi) is 11.0. The molecule has 2 N–H and O–H groups in total. The molecule has 260 valence electrons. The summed E-state index contributed by atoms with van der Waals surface area (Å²) in [5.41, 5.74) is 2.70. The van der Waals surface area contributed by atoms with Crippen molar-refractivity contribution in [1.82, 2.24) is 19.9 Å². The van der Waals surface area contributed by atoms with Crippen molar-refractivity contribution in [3.63, 3.8) is 0 Å². The van der Waals surface area contributed by atoms with Crippen LogP contribution in [0.25, 0.3) is 21.8 Å². The summed E-state index contributed by atoms with van der Waals surface area (Å²) in [5, 5.41) is 4.01. The first-order chi connectivity index (χ1) is 23.6. The van der Waals surface area contributed by atoms with Gasteiger partial charge in [-0.15, -0.1) is 11.3 Å². The van der Waals surface area contributed by atoms with Crippen LogP contribution in [0.15, 0.2) is 48.7 Å². The highest BCUT2D eigenvalue weighted by atomic mass is 32.2. The highest BCUT2D eigenvalue weighted by Gasteiger charge is 2.30. The van der Waals surface area contributed by atoms with Crippen LogP contribution in [0.3, 0.4) is 0 Å². The van der Waals surface area contributed by atoms with Gasteiger partial charge in [0.1, 0.15) is 5.82 Å². The lowest BCUT2D eigenvalue weighted by molar-refractivity contribution is -0.136. The molecule has 2 aromatic heterocycles. The first kappa shape index (κ1) is 35.1. The molecule has 1 aliphatic heterocycles. The topological polar surface area (TPSA) is 86.3 Å². The molecule has 6 rings (SSSR count). The van der Waals surface area contributed by atoms with Gasteiger partial charge in [-0.1, -0.05) is 65.0 Å². The zero-order chi connectivity index (χ0) is 34.5. The van der Waals surface area contributed by atoms with E-state index in [0.717, 1.165) is 47.7 Å². The van der Waals surface area contributed by atoms with Gasteiger partial charge in [-0.2, -0.15) is 0 Å². The molecule has 0 atom stereocenters. The fourth-order valence-electron chi connectivity index (χ4n) is 6.31. The average molecular weight is 706 g/mol. The molecule has 12 heteroatoms. The van der Waals surface area contributed by atoms with Crippen LogP contribution in [0.4, 0.5) is 31.8 Å². The van der Waals surface area contributed by atoms with Gasteiger partial charge in [-0.25, -0.2) is 23.7 Å². The number of rotatable bonds is 10. The van der Waals surface area contributed by atoms with E-state index in [-0.39, 0.29) is 28.9 Å². The van der Waals surface area contributed by atoms with Crippen LogP contribution in [0.1, 0.15) is 71.2 Å². The van der Waals surface area contributed by atoms with Crippen LogP contribution in [0.2, 0.25) is 0 Å². The van der Waals surface area contributed by atoms with Crippen molar-refractivity contribution in [2.24, 2.45) is 5.92 Å². The van der Waals surface area contributed by atoms with Crippen molar-refractivity contribution in [3.05, 3.63) is 65.3 Å². The molecule has 3 heterocycles. The van der Waals surface area contributed by atoms with Crippen molar-refractivity contribution < 1.29 is 13.6 Å². The van der Waals surface area contributed by atoms with Crippen LogP contribution in [-0.2, 0) is 10.2 Å². The van der Waals surface area contributed by atoms with Gasteiger partial charge in [0, 0.05) is 60.7 Å². The number of anilines is 4. The van der Waals surface area contributed by atoms with Crippen LogP contribution < -0.4 is 14.9 Å². The summed E-state index contributed by atoms with van der Waals surface area (Å²) in [7, 11) is 0. The Morgan fingerprint density at radius 1 is 1.02 bits per heavy atom.